The van der Waals surface area contributed by atoms with Crippen molar-refractivity contribution in [3.05, 3.63) is 199 Å². The third-order valence-electron chi connectivity index (χ3n) is 11.6. The van der Waals surface area contributed by atoms with Crippen LogP contribution in [0.4, 0.5) is 0 Å². The van der Waals surface area contributed by atoms with Gasteiger partial charge in [-0.05, 0) is 74.3 Å². The molecule has 280 valence electrons. The van der Waals surface area contributed by atoms with E-state index in [1.807, 2.05) is 30.3 Å². The van der Waals surface area contributed by atoms with E-state index in [4.69, 9.17) is 24.4 Å². The Balaban J connectivity index is 0.977. The van der Waals surface area contributed by atoms with Gasteiger partial charge in [0.2, 0.25) is 0 Å². The number of fused-ring (bicyclic) bond motifs is 5. The number of ether oxygens (including phenoxy) is 2. The van der Waals surface area contributed by atoms with E-state index in [0.29, 0.717) is 40.5 Å². The Labute approximate surface area is 343 Å². The SMILES string of the molecule is CC1(C)c2ccccc2-c2cc3c(cc21)Oc1c(cccc1-c1cccc(-c2nc(-c4ccc(-c5ccccc5)cc4)nc(-c4ccc(-c5ccccc5)cc4)n2)c1)O3. The highest BCUT2D eigenvalue weighted by atomic mass is 16.6. The molecule has 0 radical (unpaired) electrons. The smallest absolute Gasteiger partial charge is 0.177 e. The van der Waals surface area contributed by atoms with Gasteiger partial charge >= 0.3 is 0 Å². The Kier molecular flexibility index (Phi) is 8.09. The van der Waals surface area contributed by atoms with Crippen LogP contribution >= 0.6 is 0 Å². The second-order valence-corrected chi connectivity index (χ2v) is 15.6. The van der Waals surface area contributed by atoms with E-state index in [1.54, 1.807) is 0 Å². The number of hydrogen-bond donors (Lipinski definition) is 0. The molecule has 0 unspecified atom stereocenters. The van der Waals surface area contributed by atoms with Crippen LogP contribution < -0.4 is 9.47 Å². The number of rotatable bonds is 6. The van der Waals surface area contributed by atoms with Gasteiger partial charge in [-0.25, -0.2) is 15.0 Å². The summed E-state index contributed by atoms with van der Waals surface area (Å²) < 4.78 is 13.4. The molecule has 0 N–H and O–H groups in total. The first-order valence-corrected chi connectivity index (χ1v) is 19.9. The summed E-state index contributed by atoms with van der Waals surface area (Å²) in [6, 6.07) is 64.8. The van der Waals surface area contributed by atoms with E-state index >= 15 is 0 Å². The fourth-order valence-electron chi connectivity index (χ4n) is 8.50. The van der Waals surface area contributed by atoms with E-state index in [1.165, 1.54) is 22.3 Å². The Bertz CT molecular complexity index is 2950. The predicted octanol–water partition coefficient (Wildman–Crippen LogP) is 14.1. The molecule has 2 aliphatic rings. The summed E-state index contributed by atoms with van der Waals surface area (Å²) in [6.07, 6.45) is 0. The monoisotopic (exact) mass is 759 g/mol. The molecular formula is C54H37N3O2. The minimum absolute atomic E-state index is 0.158. The van der Waals surface area contributed by atoms with Crippen LogP contribution in [0.5, 0.6) is 23.0 Å². The third kappa shape index (κ3) is 6.07. The molecule has 0 fully saturated rings. The summed E-state index contributed by atoms with van der Waals surface area (Å²) in [5.74, 6) is 4.57. The molecule has 2 heterocycles. The topological polar surface area (TPSA) is 57.1 Å². The second-order valence-electron chi connectivity index (χ2n) is 15.6. The van der Waals surface area contributed by atoms with Gasteiger partial charge in [-0.15, -0.1) is 0 Å². The summed E-state index contributed by atoms with van der Waals surface area (Å²) in [7, 11) is 0. The maximum absolute atomic E-state index is 6.80. The highest BCUT2D eigenvalue weighted by molar-refractivity contribution is 5.85. The quantitative estimate of drug-likeness (QED) is 0.169. The molecule has 1 aliphatic heterocycles. The van der Waals surface area contributed by atoms with Gasteiger partial charge in [0, 0.05) is 27.7 Å². The molecule has 8 aromatic carbocycles. The minimum atomic E-state index is -0.158. The fraction of sp³-hybridized carbons (Fsp3) is 0.0556. The molecular weight excluding hydrogens is 723 g/mol. The maximum atomic E-state index is 6.80. The normalized spacial score (nSPS) is 13.0. The summed E-state index contributed by atoms with van der Waals surface area (Å²) in [5.41, 5.74) is 14.0. The molecule has 0 saturated heterocycles. The number of aromatic nitrogens is 3. The molecule has 11 rings (SSSR count). The molecule has 1 aromatic heterocycles. The molecule has 0 amide bonds. The Morgan fingerprint density at radius 1 is 0.322 bits per heavy atom. The van der Waals surface area contributed by atoms with Crippen LogP contribution in [0, 0.1) is 0 Å². The molecule has 59 heavy (non-hydrogen) atoms. The first kappa shape index (κ1) is 34.6. The van der Waals surface area contributed by atoms with E-state index in [0.717, 1.165) is 50.1 Å². The van der Waals surface area contributed by atoms with Gasteiger partial charge in [-0.2, -0.15) is 0 Å². The van der Waals surface area contributed by atoms with Crippen LogP contribution in [0.1, 0.15) is 25.0 Å². The van der Waals surface area contributed by atoms with Crippen LogP contribution in [-0.2, 0) is 5.41 Å². The lowest BCUT2D eigenvalue weighted by molar-refractivity contribution is 0.360. The van der Waals surface area contributed by atoms with Gasteiger partial charge in [0.05, 0.1) is 0 Å². The van der Waals surface area contributed by atoms with Crippen molar-refractivity contribution in [1.29, 1.82) is 0 Å². The van der Waals surface area contributed by atoms with Crippen LogP contribution in [0.3, 0.4) is 0 Å². The average Bonchev–Trinajstić information content (AvgIpc) is 3.52. The number of para-hydroxylation sites is 1. The number of nitrogens with zero attached hydrogens (tertiary/aromatic N) is 3. The van der Waals surface area contributed by atoms with Crippen molar-refractivity contribution in [2.24, 2.45) is 0 Å². The number of benzene rings is 8. The van der Waals surface area contributed by atoms with Crippen molar-refractivity contribution in [2.75, 3.05) is 0 Å². The van der Waals surface area contributed by atoms with E-state index < -0.39 is 0 Å². The highest BCUT2D eigenvalue weighted by Crippen LogP contribution is 2.56. The molecule has 0 saturated carbocycles. The zero-order valence-corrected chi connectivity index (χ0v) is 32.6. The maximum Gasteiger partial charge on any atom is 0.177 e. The molecule has 0 spiro atoms. The Morgan fingerprint density at radius 3 is 1.44 bits per heavy atom. The van der Waals surface area contributed by atoms with Crippen LogP contribution in [0.15, 0.2) is 188 Å². The van der Waals surface area contributed by atoms with Crippen molar-refractivity contribution in [1.82, 2.24) is 15.0 Å². The largest absolute Gasteiger partial charge is 0.449 e. The van der Waals surface area contributed by atoms with Gasteiger partial charge in [0.1, 0.15) is 0 Å². The molecule has 5 heteroatoms. The van der Waals surface area contributed by atoms with Gasteiger partial charge in [-0.1, -0.05) is 178 Å². The fourth-order valence-corrected chi connectivity index (χ4v) is 8.50. The van der Waals surface area contributed by atoms with Gasteiger partial charge in [-0.3, -0.25) is 0 Å². The molecule has 9 aromatic rings. The second kappa shape index (κ2) is 13.8. The summed E-state index contributed by atoms with van der Waals surface area (Å²) in [5, 5.41) is 0. The van der Waals surface area contributed by atoms with Gasteiger partial charge in [0.25, 0.3) is 0 Å². The minimum Gasteiger partial charge on any atom is -0.449 e. The summed E-state index contributed by atoms with van der Waals surface area (Å²) >= 11 is 0. The zero-order chi connectivity index (χ0) is 39.5. The van der Waals surface area contributed by atoms with Crippen molar-refractivity contribution in [3.8, 4) is 102 Å². The average molecular weight is 760 g/mol. The van der Waals surface area contributed by atoms with Crippen LogP contribution in [0.2, 0.25) is 0 Å². The van der Waals surface area contributed by atoms with Crippen molar-refractivity contribution >= 4 is 0 Å². The van der Waals surface area contributed by atoms with Crippen molar-refractivity contribution < 1.29 is 9.47 Å². The summed E-state index contributed by atoms with van der Waals surface area (Å²) in [6.45, 7) is 4.55. The molecule has 1 aliphatic carbocycles. The predicted molar refractivity (Wildman–Crippen MR) is 237 cm³/mol. The molecule has 5 nitrogen and oxygen atoms in total. The first-order chi connectivity index (χ1) is 29.0. The van der Waals surface area contributed by atoms with E-state index in [2.05, 4.69) is 172 Å². The van der Waals surface area contributed by atoms with Crippen molar-refractivity contribution in [3.63, 3.8) is 0 Å². The van der Waals surface area contributed by atoms with Crippen LogP contribution in [-0.4, -0.2) is 15.0 Å². The first-order valence-electron chi connectivity index (χ1n) is 19.9. The zero-order valence-electron chi connectivity index (χ0n) is 32.6. The Morgan fingerprint density at radius 2 is 0.797 bits per heavy atom. The van der Waals surface area contributed by atoms with Crippen molar-refractivity contribution in [2.45, 2.75) is 19.3 Å². The van der Waals surface area contributed by atoms with E-state index in [9.17, 15) is 0 Å². The lowest BCUT2D eigenvalue weighted by Crippen LogP contribution is -2.15. The third-order valence-corrected chi connectivity index (χ3v) is 11.6. The lowest BCUT2D eigenvalue weighted by atomic mass is 9.82. The van der Waals surface area contributed by atoms with E-state index in [-0.39, 0.29) is 5.41 Å². The lowest BCUT2D eigenvalue weighted by Gasteiger charge is -2.26. The van der Waals surface area contributed by atoms with Gasteiger partial charge in [0.15, 0.2) is 40.5 Å². The standard InChI is InChI=1S/C54H37N3O2/c1-54(2)45-21-10-9-19-43(45)44-32-48-49(33-46(44)54)59-50-42(20-12-22-47(50)58-48)40-17-11-18-41(31-40)53-56-51(38-27-23-36(24-28-38)34-13-5-3-6-14-34)55-52(57-53)39-29-25-37(26-30-39)35-15-7-4-8-16-35/h3-33H,1-2H3. The molecule has 0 atom stereocenters. The Hall–Kier alpha value is -7.63. The molecule has 0 bridgehead atoms. The number of hydrogen-bond acceptors (Lipinski definition) is 5. The van der Waals surface area contributed by atoms with Crippen LogP contribution in [0.25, 0.3) is 78.7 Å². The highest BCUT2D eigenvalue weighted by Gasteiger charge is 2.37. The van der Waals surface area contributed by atoms with Gasteiger partial charge < -0.3 is 9.47 Å². The summed E-state index contributed by atoms with van der Waals surface area (Å²) in [4.78, 5) is 15.3.